The van der Waals surface area contributed by atoms with E-state index in [4.69, 9.17) is 11.6 Å². The van der Waals surface area contributed by atoms with E-state index in [0.717, 1.165) is 10.5 Å². The van der Waals surface area contributed by atoms with Crippen molar-refractivity contribution in [2.24, 2.45) is 0 Å². The number of hydrogen-bond acceptors (Lipinski definition) is 2. The van der Waals surface area contributed by atoms with Gasteiger partial charge in [-0.15, -0.1) is 0 Å². The lowest BCUT2D eigenvalue weighted by Crippen LogP contribution is -3.11. The summed E-state index contributed by atoms with van der Waals surface area (Å²) in [7, 11) is 1.84. The van der Waals surface area contributed by atoms with Gasteiger partial charge in [0.15, 0.2) is 13.1 Å². The summed E-state index contributed by atoms with van der Waals surface area (Å²) in [5, 5.41) is 3.43. The number of hydrogen-bond donors (Lipinski definition) is 2. The van der Waals surface area contributed by atoms with Crippen molar-refractivity contribution in [2.45, 2.75) is 13.5 Å². The molecular weight excluding hydrogens is 350 g/mol. The van der Waals surface area contributed by atoms with Crippen LogP contribution in [0, 0.1) is 0 Å². The molecule has 2 N–H and O–H groups in total. The van der Waals surface area contributed by atoms with Crippen LogP contribution in [0.1, 0.15) is 12.5 Å². The number of rotatable bonds is 8. The van der Waals surface area contributed by atoms with Gasteiger partial charge in [0.25, 0.3) is 11.8 Å². The first-order valence-corrected chi connectivity index (χ1v) is 9.04. The summed E-state index contributed by atoms with van der Waals surface area (Å²) in [6, 6.07) is 16.8. The number of likely N-dealkylation sites (N-methyl/N-ethyl adjacent to an activating group) is 2. The molecular formula is C20H25ClN3O2+. The van der Waals surface area contributed by atoms with Crippen LogP contribution in [0.15, 0.2) is 54.6 Å². The normalized spacial score (nSPS) is 11.7. The number of carbonyl (C=O) groups is 2. The number of quaternary nitrogens is 1. The number of carbonyl (C=O) groups excluding carboxylic acids is 2. The first-order chi connectivity index (χ1) is 12.5. The Morgan fingerprint density at radius 2 is 1.69 bits per heavy atom. The van der Waals surface area contributed by atoms with Gasteiger partial charge in [-0.05, 0) is 36.8 Å². The molecule has 2 rings (SSSR count). The molecule has 138 valence electrons. The second-order valence-corrected chi connectivity index (χ2v) is 6.70. The number of halogens is 1. The van der Waals surface area contributed by atoms with E-state index in [1.165, 1.54) is 0 Å². The maximum Gasteiger partial charge on any atom is 0.279 e. The third-order valence-corrected chi connectivity index (χ3v) is 4.25. The second kappa shape index (κ2) is 9.94. The van der Waals surface area contributed by atoms with Gasteiger partial charge in [-0.25, -0.2) is 0 Å². The molecule has 0 aromatic heterocycles. The number of nitrogens with zero attached hydrogens (tertiary/aromatic N) is 1. The molecule has 0 saturated carbocycles. The standard InChI is InChI=1S/C20H24ClN3O2/c1-3-24(13-16-7-5-4-6-8-16)20(26)15-23(2)14-19(25)22-18-11-9-17(21)10-12-18/h4-12H,3,13-15H2,1-2H3,(H,22,25)/p+1. The molecule has 0 aliphatic carbocycles. The predicted octanol–water partition coefficient (Wildman–Crippen LogP) is 1.84. The summed E-state index contributed by atoms with van der Waals surface area (Å²) in [6.45, 7) is 3.67. The zero-order valence-corrected chi connectivity index (χ0v) is 15.9. The van der Waals surface area contributed by atoms with Gasteiger partial charge in [-0.3, -0.25) is 9.59 Å². The van der Waals surface area contributed by atoms with E-state index in [9.17, 15) is 9.59 Å². The highest BCUT2D eigenvalue weighted by molar-refractivity contribution is 6.30. The Bertz CT molecular complexity index is 720. The zero-order valence-electron chi connectivity index (χ0n) is 15.2. The molecule has 0 radical (unpaired) electrons. The summed E-state index contributed by atoms with van der Waals surface area (Å²) in [6.07, 6.45) is 0. The zero-order chi connectivity index (χ0) is 18.9. The van der Waals surface area contributed by atoms with Gasteiger partial charge in [0, 0.05) is 23.8 Å². The highest BCUT2D eigenvalue weighted by Crippen LogP contribution is 2.12. The highest BCUT2D eigenvalue weighted by Gasteiger charge is 2.19. The fraction of sp³-hybridized carbons (Fsp3) is 0.300. The van der Waals surface area contributed by atoms with Crippen molar-refractivity contribution in [3.63, 3.8) is 0 Å². The van der Waals surface area contributed by atoms with Gasteiger partial charge < -0.3 is 15.1 Å². The van der Waals surface area contributed by atoms with Crippen LogP contribution < -0.4 is 10.2 Å². The lowest BCUT2D eigenvalue weighted by atomic mass is 10.2. The molecule has 1 unspecified atom stereocenters. The molecule has 6 heteroatoms. The quantitative estimate of drug-likeness (QED) is 0.740. The average Bonchev–Trinajstić information content (AvgIpc) is 2.62. The molecule has 0 spiro atoms. The van der Waals surface area contributed by atoms with Crippen LogP contribution in [-0.2, 0) is 16.1 Å². The van der Waals surface area contributed by atoms with E-state index in [2.05, 4.69) is 5.32 Å². The molecule has 0 bridgehead atoms. The predicted molar refractivity (Wildman–Crippen MR) is 104 cm³/mol. The van der Waals surface area contributed by atoms with Crippen LogP contribution >= 0.6 is 11.6 Å². The average molecular weight is 375 g/mol. The van der Waals surface area contributed by atoms with E-state index in [0.29, 0.717) is 23.8 Å². The van der Waals surface area contributed by atoms with Gasteiger partial charge in [0.2, 0.25) is 0 Å². The molecule has 2 amide bonds. The molecule has 1 atom stereocenters. The SMILES string of the molecule is CCN(Cc1ccccc1)C(=O)C[NH+](C)CC(=O)Nc1ccc(Cl)cc1. The highest BCUT2D eigenvalue weighted by atomic mass is 35.5. The second-order valence-electron chi connectivity index (χ2n) is 6.26. The molecule has 0 fully saturated rings. The van der Waals surface area contributed by atoms with Crippen LogP contribution in [0.5, 0.6) is 0 Å². The number of nitrogens with one attached hydrogen (secondary N) is 2. The molecule has 2 aromatic rings. The molecule has 0 saturated heterocycles. The van der Waals surface area contributed by atoms with Gasteiger partial charge >= 0.3 is 0 Å². The lowest BCUT2D eigenvalue weighted by molar-refractivity contribution is -0.862. The van der Waals surface area contributed by atoms with Crippen LogP contribution in [0.25, 0.3) is 0 Å². The first-order valence-electron chi connectivity index (χ1n) is 8.66. The van der Waals surface area contributed by atoms with Gasteiger partial charge in [-0.2, -0.15) is 0 Å². The summed E-state index contributed by atoms with van der Waals surface area (Å²) >= 11 is 5.83. The molecule has 0 heterocycles. The van der Waals surface area contributed by atoms with Crippen molar-refractivity contribution in [1.29, 1.82) is 0 Å². The monoisotopic (exact) mass is 374 g/mol. The van der Waals surface area contributed by atoms with Crippen LogP contribution in [-0.4, -0.2) is 43.4 Å². The maximum absolute atomic E-state index is 12.5. The molecule has 26 heavy (non-hydrogen) atoms. The van der Waals surface area contributed by atoms with Crippen molar-refractivity contribution in [1.82, 2.24) is 4.90 Å². The van der Waals surface area contributed by atoms with Crippen molar-refractivity contribution >= 4 is 29.1 Å². The Morgan fingerprint density at radius 1 is 1.04 bits per heavy atom. The minimum absolute atomic E-state index is 0.0353. The Kier molecular flexibility index (Phi) is 7.63. The van der Waals surface area contributed by atoms with Crippen molar-refractivity contribution < 1.29 is 14.5 Å². The summed E-state index contributed by atoms with van der Waals surface area (Å²) in [4.78, 5) is 27.3. The largest absolute Gasteiger partial charge is 0.334 e. The maximum atomic E-state index is 12.5. The Morgan fingerprint density at radius 3 is 2.31 bits per heavy atom. The molecule has 0 aliphatic heterocycles. The van der Waals surface area contributed by atoms with Crippen LogP contribution in [0.4, 0.5) is 5.69 Å². The number of benzene rings is 2. The summed E-state index contributed by atoms with van der Waals surface area (Å²) < 4.78 is 0. The van der Waals surface area contributed by atoms with E-state index in [1.54, 1.807) is 29.2 Å². The molecule has 5 nitrogen and oxygen atoms in total. The number of amides is 2. The third-order valence-electron chi connectivity index (χ3n) is 3.99. The topological polar surface area (TPSA) is 53.9 Å². The van der Waals surface area contributed by atoms with E-state index in [-0.39, 0.29) is 24.9 Å². The first kappa shape index (κ1) is 19.9. The van der Waals surface area contributed by atoms with Crippen molar-refractivity contribution in [3.8, 4) is 0 Å². The Hall–Kier alpha value is -2.37. The molecule has 0 aliphatic rings. The number of anilines is 1. The van der Waals surface area contributed by atoms with E-state index < -0.39 is 0 Å². The Labute approximate surface area is 159 Å². The van der Waals surface area contributed by atoms with Crippen LogP contribution in [0.3, 0.4) is 0 Å². The van der Waals surface area contributed by atoms with Crippen LogP contribution in [0.2, 0.25) is 5.02 Å². The van der Waals surface area contributed by atoms with Gasteiger partial charge in [0.1, 0.15) is 0 Å². The fourth-order valence-corrected chi connectivity index (χ4v) is 2.75. The molecule has 2 aromatic carbocycles. The van der Waals surface area contributed by atoms with E-state index in [1.807, 2.05) is 44.3 Å². The Balaban J connectivity index is 1.83. The van der Waals surface area contributed by atoms with Crippen molar-refractivity contribution in [2.75, 3.05) is 32.0 Å². The third kappa shape index (κ3) is 6.50. The fourth-order valence-electron chi connectivity index (χ4n) is 2.63. The summed E-state index contributed by atoms with van der Waals surface area (Å²) in [5.41, 5.74) is 1.79. The van der Waals surface area contributed by atoms with Gasteiger partial charge in [-0.1, -0.05) is 41.9 Å². The van der Waals surface area contributed by atoms with E-state index >= 15 is 0 Å². The van der Waals surface area contributed by atoms with Crippen molar-refractivity contribution in [3.05, 3.63) is 65.2 Å². The smallest absolute Gasteiger partial charge is 0.279 e. The minimum atomic E-state index is -0.135. The van der Waals surface area contributed by atoms with Gasteiger partial charge in [0.05, 0.1) is 7.05 Å². The lowest BCUT2D eigenvalue weighted by Gasteiger charge is -2.22. The minimum Gasteiger partial charge on any atom is -0.334 e. The summed E-state index contributed by atoms with van der Waals surface area (Å²) in [5.74, 6) is -0.100.